The Balaban J connectivity index is 1.24. The lowest BCUT2D eigenvalue weighted by Crippen LogP contribution is -2.60. The van der Waals surface area contributed by atoms with Gasteiger partial charge in [0.15, 0.2) is 0 Å². The molecule has 1 aromatic rings. The Hall–Kier alpha value is -2.02. The molecule has 4 saturated carbocycles. The molecule has 4 aliphatic carbocycles. The Morgan fingerprint density at radius 3 is 2.30 bits per heavy atom. The summed E-state index contributed by atoms with van der Waals surface area (Å²) in [5, 5.41) is 13.7. The Morgan fingerprint density at radius 2 is 1.70 bits per heavy atom. The molecular weight excluding hydrogens is 403 g/mol. The van der Waals surface area contributed by atoms with Gasteiger partial charge in [-0.3, -0.25) is 9.59 Å². The molecule has 0 spiro atoms. The molecule has 158 valence electrons. The van der Waals surface area contributed by atoms with Gasteiger partial charge in [0.2, 0.25) is 0 Å². The van der Waals surface area contributed by atoms with E-state index in [0.29, 0.717) is 23.5 Å². The topological polar surface area (TPSA) is 69.6 Å². The monoisotopic (exact) mass is 428 g/mol. The van der Waals surface area contributed by atoms with E-state index in [9.17, 15) is 19.1 Å². The summed E-state index contributed by atoms with van der Waals surface area (Å²) in [6.07, 6.45) is 6.80. The Bertz CT molecular complexity index is 924. The largest absolute Gasteiger partial charge is 0.509 e. The van der Waals surface area contributed by atoms with E-state index in [0.717, 1.165) is 24.8 Å². The first-order valence-corrected chi connectivity index (χ1v) is 11.9. The second-order valence-corrected chi connectivity index (χ2v) is 11.0. The number of nitrogens with zero attached hydrogens (tertiary/aromatic N) is 1. The van der Waals surface area contributed by atoms with Gasteiger partial charge >= 0.3 is 0 Å². The highest BCUT2D eigenvalue weighted by Gasteiger charge is 2.54. The van der Waals surface area contributed by atoms with Gasteiger partial charge in [0.1, 0.15) is 28.6 Å². The van der Waals surface area contributed by atoms with Gasteiger partial charge in [-0.15, -0.1) is 11.8 Å². The first-order valence-electron chi connectivity index (χ1n) is 10.9. The fourth-order valence-electron chi connectivity index (χ4n) is 7.04. The molecule has 4 bridgehead atoms. The standard InChI is InChI=1S/C23H25FN2O3S/c24-16-3-1-15(2-4-16)22-26-17(11-30-22)19(27)18(21(26)29)20(28)25-23-8-12-5-13(9-23)7-14(6-12)10-23/h1-4,12-14,17,22,27H,5-11H2,(H,25,28)/t12?,13?,14?,17?,22-,23?/m0/s1. The molecule has 30 heavy (non-hydrogen) atoms. The summed E-state index contributed by atoms with van der Waals surface area (Å²) >= 11 is 1.53. The van der Waals surface area contributed by atoms with Crippen LogP contribution in [0.4, 0.5) is 4.39 Å². The summed E-state index contributed by atoms with van der Waals surface area (Å²) in [5.41, 5.74) is 0.494. The molecule has 0 aromatic heterocycles. The number of nitrogens with one attached hydrogen (secondary N) is 1. The van der Waals surface area contributed by atoms with Gasteiger partial charge in [0.05, 0.1) is 0 Å². The number of aliphatic hydroxyl groups is 1. The number of aliphatic hydroxyl groups excluding tert-OH is 1. The molecule has 2 atom stereocenters. The lowest BCUT2D eigenvalue weighted by atomic mass is 9.53. The normalized spacial score (nSPS) is 39.0. The number of thioether (sulfide) groups is 1. The van der Waals surface area contributed by atoms with Crippen LogP contribution in [0.1, 0.15) is 49.5 Å². The first kappa shape index (κ1) is 18.7. The first-order chi connectivity index (χ1) is 14.4. The maximum Gasteiger partial charge on any atom is 0.264 e. The van der Waals surface area contributed by atoms with Crippen molar-refractivity contribution in [1.82, 2.24) is 10.2 Å². The van der Waals surface area contributed by atoms with Crippen molar-refractivity contribution in [1.29, 1.82) is 0 Å². The Morgan fingerprint density at radius 1 is 1.10 bits per heavy atom. The van der Waals surface area contributed by atoms with Crippen LogP contribution in [0.3, 0.4) is 0 Å². The zero-order valence-corrected chi connectivity index (χ0v) is 17.5. The molecule has 2 aliphatic heterocycles. The van der Waals surface area contributed by atoms with Crippen molar-refractivity contribution >= 4 is 23.6 Å². The lowest BCUT2D eigenvalue weighted by molar-refractivity contribution is -0.131. The van der Waals surface area contributed by atoms with Crippen LogP contribution in [0, 0.1) is 23.6 Å². The van der Waals surface area contributed by atoms with Crippen molar-refractivity contribution in [2.24, 2.45) is 17.8 Å². The van der Waals surface area contributed by atoms with Gasteiger partial charge in [-0.25, -0.2) is 4.39 Å². The average Bonchev–Trinajstić information content (AvgIpc) is 3.21. The third-order valence-electron chi connectivity index (χ3n) is 7.82. The smallest absolute Gasteiger partial charge is 0.264 e. The molecule has 2 N–H and O–H groups in total. The predicted molar refractivity (Wildman–Crippen MR) is 111 cm³/mol. The zero-order chi connectivity index (χ0) is 20.6. The lowest BCUT2D eigenvalue weighted by Gasteiger charge is -2.56. The van der Waals surface area contributed by atoms with Crippen LogP contribution in [-0.2, 0) is 9.59 Å². The number of hydrogen-bond donors (Lipinski definition) is 2. The molecule has 6 aliphatic rings. The average molecular weight is 429 g/mol. The van der Waals surface area contributed by atoms with Crippen LogP contribution in [0.25, 0.3) is 0 Å². The van der Waals surface area contributed by atoms with Gasteiger partial charge < -0.3 is 15.3 Å². The number of carbonyl (C=O) groups is 2. The quantitative estimate of drug-likeness (QED) is 0.721. The van der Waals surface area contributed by atoms with Gasteiger partial charge in [-0.2, -0.15) is 0 Å². The van der Waals surface area contributed by atoms with Crippen LogP contribution < -0.4 is 5.32 Å². The zero-order valence-electron chi connectivity index (χ0n) is 16.6. The molecule has 5 nitrogen and oxygen atoms in total. The Kier molecular flexibility index (Phi) is 4.05. The third kappa shape index (κ3) is 2.74. The number of halogens is 1. The number of carbonyl (C=O) groups excluding carboxylic acids is 2. The van der Waals surface area contributed by atoms with Crippen LogP contribution >= 0.6 is 11.8 Å². The van der Waals surface area contributed by atoms with E-state index in [1.807, 2.05) is 0 Å². The fraction of sp³-hybridized carbons (Fsp3) is 0.565. The molecule has 2 heterocycles. The van der Waals surface area contributed by atoms with Crippen molar-refractivity contribution in [3.05, 3.63) is 47.0 Å². The molecule has 1 unspecified atom stereocenters. The van der Waals surface area contributed by atoms with E-state index in [4.69, 9.17) is 0 Å². The predicted octanol–water partition coefficient (Wildman–Crippen LogP) is 3.68. The Labute approximate surface area is 179 Å². The molecule has 7 heteroatoms. The van der Waals surface area contributed by atoms with E-state index in [-0.39, 0.29) is 28.1 Å². The van der Waals surface area contributed by atoms with Crippen LogP contribution in [-0.4, -0.2) is 39.2 Å². The summed E-state index contributed by atoms with van der Waals surface area (Å²) < 4.78 is 13.3. The highest BCUT2D eigenvalue weighted by atomic mass is 32.2. The van der Waals surface area contributed by atoms with Crippen molar-refractivity contribution in [3.63, 3.8) is 0 Å². The number of amides is 2. The molecule has 7 rings (SSSR count). The maximum absolute atomic E-state index is 13.3. The van der Waals surface area contributed by atoms with E-state index < -0.39 is 17.9 Å². The molecule has 1 saturated heterocycles. The minimum absolute atomic E-state index is 0.0943. The molecule has 2 amide bonds. The second kappa shape index (κ2) is 6.49. The van der Waals surface area contributed by atoms with Gasteiger partial charge in [-0.1, -0.05) is 12.1 Å². The number of fused-ring (bicyclic) bond motifs is 1. The highest BCUT2D eigenvalue weighted by Crippen LogP contribution is 2.56. The maximum atomic E-state index is 13.3. The second-order valence-electron chi connectivity index (χ2n) is 9.88. The summed E-state index contributed by atoms with van der Waals surface area (Å²) in [6.45, 7) is 0. The van der Waals surface area contributed by atoms with Gasteiger partial charge in [0.25, 0.3) is 11.8 Å². The minimum Gasteiger partial charge on any atom is -0.509 e. The van der Waals surface area contributed by atoms with Crippen molar-refractivity contribution < 1.29 is 19.1 Å². The van der Waals surface area contributed by atoms with Gasteiger partial charge in [-0.05, 0) is 74.0 Å². The van der Waals surface area contributed by atoms with Crippen molar-refractivity contribution in [3.8, 4) is 0 Å². The highest BCUT2D eigenvalue weighted by molar-refractivity contribution is 7.99. The van der Waals surface area contributed by atoms with E-state index in [2.05, 4.69) is 5.32 Å². The summed E-state index contributed by atoms with van der Waals surface area (Å²) in [5.74, 6) is 1.29. The number of rotatable bonds is 3. The van der Waals surface area contributed by atoms with Crippen LogP contribution in [0.2, 0.25) is 0 Å². The fourth-order valence-corrected chi connectivity index (χ4v) is 8.47. The van der Waals surface area contributed by atoms with Crippen LogP contribution in [0.15, 0.2) is 35.6 Å². The summed E-state index contributed by atoms with van der Waals surface area (Å²) in [7, 11) is 0. The molecular formula is C23H25FN2O3S. The van der Waals surface area contributed by atoms with Crippen LogP contribution in [0.5, 0.6) is 0 Å². The van der Waals surface area contributed by atoms with Gasteiger partial charge in [0, 0.05) is 11.3 Å². The van der Waals surface area contributed by atoms with E-state index in [1.165, 1.54) is 43.2 Å². The minimum atomic E-state index is -0.491. The number of hydrogen-bond acceptors (Lipinski definition) is 4. The van der Waals surface area contributed by atoms with Crippen molar-refractivity contribution in [2.75, 3.05) is 5.75 Å². The summed E-state index contributed by atoms with van der Waals surface area (Å²) in [4.78, 5) is 28.1. The molecule has 1 aromatic carbocycles. The number of benzene rings is 1. The van der Waals surface area contributed by atoms with Crippen molar-refractivity contribution in [2.45, 2.75) is 55.5 Å². The molecule has 0 radical (unpaired) electrons. The molecule has 5 fully saturated rings. The van der Waals surface area contributed by atoms with E-state index in [1.54, 1.807) is 17.0 Å². The summed E-state index contributed by atoms with van der Waals surface area (Å²) in [6, 6.07) is 5.57. The third-order valence-corrected chi connectivity index (χ3v) is 9.14. The SMILES string of the molecule is O=C(NC12CC3CC(CC(C3)C1)C2)C1=C(O)C2CS[C@@H](c3ccc(F)cc3)N2C1=O. The van der Waals surface area contributed by atoms with E-state index >= 15 is 0 Å².